The first-order valence-electron chi connectivity index (χ1n) is 5.19. The average Bonchev–Trinajstić information content (AvgIpc) is 2.48. The number of nitrogens with zero attached hydrogens (tertiary/aromatic N) is 1. The third-order valence-corrected chi connectivity index (χ3v) is 2.56. The number of hydrogen-bond donors (Lipinski definition) is 1. The molecule has 1 fully saturated rings. The molecule has 0 aromatic carbocycles. The molecule has 1 aliphatic rings. The second-order valence-corrected chi connectivity index (χ2v) is 3.81. The standard InChI is InChI=1S/C10H20N2O2/c1-11-7-9-6-10(13)12(8-9)4-3-5-14-2/h9,11H,3-8H2,1-2H3. The first-order chi connectivity index (χ1) is 6.77. The summed E-state index contributed by atoms with van der Waals surface area (Å²) in [5.74, 6) is 0.788. The Balaban J connectivity index is 2.22. The molecular formula is C10H20N2O2. The number of rotatable bonds is 6. The van der Waals surface area contributed by atoms with E-state index in [9.17, 15) is 4.79 Å². The molecule has 82 valence electrons. The van der Waals surface area contributed by atoms with Crippen molar-refractivity contribution in [1.29, 1.82) is 0 Å². The van der Waals surface area contributed by atoms with E-state index in [4.69, 9.17) is 4.74 Å². The molecule has 1 aliphatic heterocycles. The molecule has 1 heterocycles. The van der Waals surface area contributed by atoms with Gasteiger partial charge < -0.3 is 15.0 Å². The monoisotopic (exact) mass is 200 g/mol. The van der Waals surface area contributed by atoms with Gasteiger partial charge in [-0.2, -0.15) is 0 Å². The van der Waals surface area contributed by atoms with Crippen LogP contribution in [0.1, 0.15) is 12.8 Å². The molecule has 4 heteroatoms. The predicted octanol–water partition coefficient (Wildman–Crippen LogP) is 0.0908. The molecule has 0 aromatic heterocycles. The van der Waals surface area contributed by atoms with Crippen molar-refractivity contribution in [3.63, 3.8) is 0 Å². The number of nitrogens with one attached hydrogen (secondary N) is 1. The molecule has 1 atom stereocenters. The highest BCUT2D eigenvalue weighted by Gasteiger charge is 2.28. The van der Waals surface area contributed by atoms with Gasteiger partial charge in [0.1, 0.15) is 0 Å². The van der Waals surface area contributed by atoms with Crippen molar-refractivity contribution in [3.8, 4) is 0 Å². The molecule has 4 nitrogen and oxygen atoms in total. The Morgan fingerprint density at radius 2 is 2.43 bits per heavy atom. The van der Waals surface area contributed by atoms with Crippen molar-refractivity contribution in [1.82, 2.24) is 10.2 Å². The van der Waals surface area contributed by atoms with Crippen LogP contribution in [0, 0.1) is 5.92 Å². The largest absolute Gasteiger partial charge is 0.385 e. The fraction of sp³-hybridized carbons (Fsp3) is 0.900. The van der Waals surface area contributed by atoms with Gasteiger partial charge in [0, 0.05) is 33.2 Å². The number of ether oxygens (including phenoxy) is 1. The minimum absolute atomic E-state index is 0.293. The quantitative estimate of drug-likeness (QED) is 0.618. The topological polar surface area (TPSA) is 41.6 Å². The lowest BCUT2D eigenvalue weighted by Crippen LogP contribution is -2.28. The van der Waals surface area contributed by atoms with Gasteiger partial charge in [0.05, 0.1) is 0 Å². The molecule has 0 aromatic rings. The number of amides is 1. The Labute approximate surface area is 85.6 Å². The third-order valence-electron chi connectivity index (χ3n) is 2.56. The van der Waals surface area contributed by atoms with E-state index in [-0.39, 0.29) is 0 Å². The predicted molar refractivity (Wildman–Crippen MR) is 55.1 cm³/mol. The number of methoxy groups -OCH3 is 1. The second kappa shape index (κ2) is 5.98. The molecule has 0 radical (unpaired) electrons. The first kappa shape index (κ1) is 11.5. The fourth-order valence-corrected chi connectivity index (χ4v) is 1.90. The minimum Gasteiger partial charge on any atom is -0.385 e. The summed E-state index contributed by atoms with van der Waals surface area (Å²) < 4.78 is 4.96. The van der Waals surface area contributed by atoms with Gasteiger partial charge in [0.25, 0.3) is 0 Å². The highest BCUT2D eigenvalue weighted by molar-refractivity contribution is 5.78. The molecule has 0 aliphatic carbocycles. The van der Waals surface area contributed by atoms with E-state index in [1.54, 1.807) is 7.11 Å². The van der Waals surface area contributed by atoms with Gasteiger partial charge in [-0.1, -0.05) is 0 Å². The summed E-state index contributed by atoms with van der Waals surface area (Å²) >= 11 is 0. The van der Waals surface area contributed by atoms with E-state index in [0.29, 0.717) is 18.2 Å². The maximum atomic E-state index is 11.5. The lowest BCUT2D eigenvalue weighted by molar-refractivity contribution is -0.127. The van der Waals surface area contributed by atoms with E-state index < -0.39 is 0 Å². The van der Waals surface area contributed by atoms with E-state index >= 15 is 0 Å². The summed E-state index contributed by atoms with van der Waals surface area (Å²) in [6.45, 7) is 3.42. The van der Waals surface area contributed by atoms with Gasteiger partial charge in [0.15, 0.2) is 0 Å². The Bertz CT molecular complexity index is 185. The van der Waals surface area contributed by atoms with Crippen LogP contribution in [-0.2, 0) is 9.53 Å². The average molecular weight is 200 g/mol. The zero-order chi connectivity index (χ0) is 10.4. The van der Waals surface area contributed by atoms with Crippen LogP contribution in [0.25, 0.3) is 0 Å². The Hall–Kier alpha value is -0.610. The smallest absolute Gasteiger partial charge is 0.222 e. The van der Waals surface area contributed by atoms with Crippen LogP contribution in [0.2, 0.25) is 0 Å². The molecule has 1 unspecified atom stereocenters. The third kappa shape index (κ3) is 3.27. The number of carbonyl (C=O) groups is 1. The summed E-state index contributed by atoms with van der Waals surface area (Å²) in [5.41, 5.74) is 0. The summed E-state index contributed by atoms with van der Waals surface area (Å²) in [6.07, 6.45) is 1.64. The Morgan fingerprint density at radius 1 is 1.64 bits per heavy atom. The molecule has 1 rings (SSSR count). The maximum absolute atomic E-state index is 11.5. The molecule has 1 N–H and O–H groups in total. The van der Waals surface area contributed by atoms with Crippen molar-refractivity contribution in [2.24, 2.45) is 5.92 Å². The van der Waals surface area contributed by atoms with E-state index in [1.165, 1.54) is 0 Å². The zero-order valence-electron chi connectivity index (χ0n) is 9.08. The number of likely N-dealkylation sites (tertiary alicyclic amines) is 1. The SMILES string of the molecule is CNCC1CC(=O)N(CCCOC)C1. The molecule has 0 spiro atoms. The molecule has 0 bridgehead atoms. The van der Waals surface area contributed by atoms with Crippen LogP contribution < -0.4 is 5.32 Å². The molecule has 1 amide bonds. The van der Waals surface area contributed by atoms with Gasteiger partial charge in [-0.25, -0.2) is 0 Å². The first-order valence-corrected chi connectivity index (χ1v) is 5.19. The van der Waals surface area contributed by atoms with E-state index in [0.717, 1.165) is 32.7 Å². The van der Waals surface area contributed by atoms with Crippen molar-refractivity contribution in [3.05, 3.63) is 0 Å². The highest BCUT2D eigenvalue weighted by atomic mass is 16.5. The number of carbonyl (C=O) groups excluding carboxylic acids is 1. The van der Waals surface area contributed by atoms with Crippen LogP contribution >= 0.6 is 0 Å². The van der Waals surface area contributed by atoms with Gasteiger partial charge in [-0.05, 0) is 25.9 Å². The Morgan fingerprint density at radius 3 is 3.07 bits per heavy atom. The molecule has 1 saturated heterocycles. The van der Waals surface area contributed by atoms with Crippen molar-refractivity contribution in [2.75, 3.05) is 40.4 Å². The lowest BCUT2D eigenvalue weighted by atomic mass is 10.1. The van der Waals surface area contributed by atoms with Gasteiger partial charge >= 0.3 is 0 Å². The zero-order valence-corrected chi connectivity index (χ0v) is 9.08. The summed E-state index contributed by atoms with van der Waals surface area (Å²) in [7, 11) is 3.62. The Kier molecular flexibility index (Phi) is 4.90. The van der Waals surface area contributed by atoms with Crippen LogP contribution in [0.4, 0.5) is 0 Å². The summed E-state index contributed by atoms with van der Waals surface area (Å²) in [5, 5.41) is 3.11. The molecule has 14 heavy (non-hydrogen) atoms. The van der Waals surface area contributed by atoms with Crippen LogP contribution in [0.5, 0.6) is 0 Å². The van der Waals surface area contributed by atoms with Crippen molar-refractivity contribution < 1.29 is 9.53 Å². The fourth-order valence-electron chi connectivity index (χ4n) is 1.90. The van der Waals surface area contributed by atoms with Crippen LogP contribution in [-0.4, -0.2) is 51.2 Å². The van der Waals surface area contributed by atoms with Gasteiger partial charge in [0.2, 0.25) is 5.91 Å². The van der Waals surface area contributed by atoms with E-state index in [2.05, 4.69) is 5.32 Å². The molecule has 0 saturated carbocycles. The van der Waals surface area contributed by atoms with Crippen molar-refractivity contribution >= 4 is 5.91 Å². The normalized spacial score (nSPS) is 22.0. The highest BCUT2D eigenvalue weighted by Crippen LogP contribution is 2.16. The maximum Gasteiger partial charge on any atom is 0.222 e. The lowest BCUT2D eigenvalue weighted by Gasteiger charge is -2.16. The van der Waals surface area contributed by atoms with Gasteiger partial charge in [-0.3, -0.25) is 4.79 Å². The minimum atomic E-state index is 0.293. The van der Waals surface area contributed by atoms with Crippen molar-refractivity contribution in [2.45, 2.75) is 12.8 Å². The molecular weight excluding hydrogens is 180 g/mol. The van der Waals surface area contributed by atoms with Gasteiger partial charge in [-0.15, -0.1) is 0 Å². The van der Waals surface area contributed by atoms with Crippen LogP contribution in [0.3, 0.4) is 0 Å². The second-order valence-electron chi connectivity index (χ2n) is 3.81. The number of hydrogen-bond acceptors (Lipinski definition) is 3. The van der Waals surface area contributed by atoms with E-state index in [1.807, 2.05) is 11.9 Å². The summed E-state index contributed by atoms with van der Waals surface area (Å²) in [6, 6.07) is 0. The summed E-state index contributed by atoms with van der Waals surface area (Å²) in [4.78, 5) is 13.5. The van der Waals surface area contributed by atoms with Crippen LogP contribution in [0.15, 0.2) is 0 Å².